The fourth-order valence-electron chi connectivity index (χ4n) is 1.79. The lowest BCUT2D eigenvalue weighted by Crippen LogP contribution is -2.32. The molecule has 0 radical (unpaired) electrons. The molecular weight excluding hydrogens is 150 g/mol. The summed E-state index contributed by atoms with van der Waals surface area (Å²) in [5, 5.41) is 2.06. The molecule has 0 aliphatic carbocycles. The van der Waals surface area contributed by atoms with Crippen LogP contribution in [0.1, 0.15) is 40.0 Å². The Labute approximate surface area is 76.9 Å². The fraction of sp³-hybridized carbons (Fsp3) is 1.00. The summed E-state index contributed by atoms with van der Waals surface area (Å²) in [6, 6.07) is 0. The number of hydrogen-bond acceptors (Lipinski definition) is 2. The third-order valence-corrected chi connectivity index (χ3v) is 2.53. The molecule has 0 atom stereocenters. The lowest BCUT2D eigenvalue weighted by atomic mass is 9.93. The topological polar surface area (TPSA) is 12.5 Å². The van der Waals surface area contributed by atoms with Gasteiger partial charge in [-0.3, -0.25) is 0 Å². The Kier molecular flexibility index (Phi) is 6.39. The van der Waals surface area contributed by atoms with E-state index in [1.165, 1.54) is 25.7 Å². The predicted octanol–water partition coefficient (Wildman–Crippen LogP) is 2.70. The van der Waals surface area contributed by atoms with Crippen LogP contribution in [0.2, 0.25) is 0 Å². The van der Waals surface area contributed by atoms with Crippen molar-refractivity contribution in [2.75, 3.05) is 20.2 Å². The van der Waals surface area contributed by atoms with Crippen molar-refractivity contribution >= 4 is 0 Å². The van der Waals surface area contributed by atoms with Gasteiger partial charge in [0, 0.05) is 13.1 Å². The molecule has 0 saturated carbocycles. The van der Waals surface area contributed by atoms with Crippen molar-refractivity contribution in [2.24, 2.45) is 5.92 Å². The number of hydrogen-bond donors (Lipinski definition) is 0. The van der Waals surface area contributed by atoms with E-state index < -0.39 is 0 Å². The van der Waals surface area contributed by atoms with Crippen molar-refractivity contribution in [3.63, 3.8) is 0 Å². The van der Waals surface area contributed by atoms with Gasteiger partial charge < -0.3 is 4.84 Å². The van der Waals surface area contributed by atoms with Gasteiger partial charge in [-0.25, -0.2) is 0 Å². The van der Waals surface area contributed by atoms with Gasteiger partial charge in [0.1, 0.15) is 0 Å². The van der Waals surface area contributed by atoms with Gasteiger partial charge in [-0.1, -0.05) is 27.2 Å². The van der Waals surface area contributed by atoms with Crippen LogP contribution in [0.25, 0.3) is 0 Å². The smallest absolute Gasteiger partial charge is 0.0575 e. The highest BCUT2D eigenvalue weighted by molar-refractivity contribution is 4.67. The van der Waals surface area contributed by atoms with Crippen LogP contribution in [0.5, 0.6) is 0 Å². The molecule has 1 aliphatic rings. The van der Waals surface area contributed by atoms with Crippen LogP contribution in [0, 0.1) is 5.92 Å². The normalized spacial score (nSPS) is 20.5. The summed E-state index contributed by atoms with van der Waals surface area (Å²) in [4.78, 5) is 5.15. The first kappa shape index (κ1) is 11.9. The molecule has 0 amide bonds. The van der Waals surface area contributed by atoms with Gasteiger partial charge in [0.2, 0.25) is 0 Å². The second-order valence-electron chi connectivity index (χ2n) is 3.34. The highest BCUT2D eigenvalue weighted by Crippen LogP contribution is 2.21. The second kappa shape index (κ2) is 6.44. The molecule has 1 fully saturated rings. The molecular formula is C10H23NO. The number of rotatable bonds is 3. The maximum atomic E-state index is 5.15. The first-order valence-corrected chi connectivity index (χ1v) is 4.66. The van der Waals surface area contributed by atoms with Crippen molar-refractivity contribution in [3.05, 3.63) is 0 Å². The molecule has 1 rings (SSSR count). The molecule has 12 heavy (non-hydrogen) atoms. The first-order valence-electron chi connectivity index (χ1n) is 4.66. The van der Waals surface area contributed by atoms with Gasteiger partial charge in [0.25, 0.3) is 0 Å². The highest BCUT2D eigenvalue weighted by Gasteiger charge is 2.17. The third-order valence-electron chi connectivity index (χ3n) is 2.53. The zero-order valence-corrected chi connectivity index (χ0v) is 7.68. The summed E-state index contributed by atoms with van der Waals surface area (Å²) in [5.74, 6) is 0.964. The largest absolute Gasteiger partial charge is 0.302 e. The summed E-state index contributed by atoms with van der Waals surface area (Å²) in [6.07, 6.45) is 5.37. The van der Waals surface area contributed by atoms with Crippen LogP contribution in [-0.4, -0.2) is 25.3 Å². The van der Waals surface area contributed by atoms with Gasteiger partial charge in [-0.05, 0) is 18.8 Å². The van der Waals surface area contributed by atoms with Crippen LogP contribution in [-0.2, 0) is 4.84 Å². The SMILES string of the molecule is C.CCCC1CCN(OC)CC1. The average molecular weight is 173 g/mol. The second-order valence-corrected chi connectivity index (χ2v) is 3.34. The Morgan fingerprint density at radius 2 is 1.92 bits per heavy atom. The molecule has 0 aromatic carbocycles. The fourth-order valence-corrected chi connectivity index (χ4v) is 1.79. The summed E-state index contributed by atoms with van der Waals surface area (Å²) in [5.41, 5.74) is 0. The third kappa shape index (κ3) is 3.55. The van der Waals surface area contributed by atoms with Gasteiger partial charge in [-0.2, -0.15) is 5.06 Å². The van der Waals surface area contributed by atoms with Gasteiger partial charge in [-0.15, -0.1) is 0 Å². The van der Waals surface area contributed by atoms with Crippen molar-refractivity contribution < 1.29 is 4.84 Å². The van der Waals surface area contributed by atoms with E-state index in [-0.39, 0.29) is 7.43 Å². The first-order chi connectivity index (χ1) is 5.36. The van der Waals surface area contributed by atoms with Crippen LogP contribution in [0.4, 0.5) is 0 Å². The standard InChI is InChI=1S/C9H19NO.CH4/c1-3-4-9-5-7-10(11-2)8-6-9;/h9H,3-8H2,1-2H3;1H4. The molecule has 0 spiro atoms. The molecule has 1 aliphatic heterocycles. The van der Waals surface area contributed by atoms with E-state index in [1.807, 2.05) is 0 Å². The van der Waals surface area contributed by atoms with E-state index >= 15 is 0 Å². The molecule has 1 heterocycles. The van der Waals surface area contributed by atoms with E-state index in [9.17, 15) is 0 Å². The number of nitrogens with zero attached hydrogens (tertiary/aromatic N) is 1. The summed E-state index contributed by atoms with van der Waals surface area (Å²) >= 11 is 0. The van der Waals surface area contributed by atoms with Crippen LogP contribution in [0.15, 0.2) is 0 Å². The molecule has 2 nitrogen and oxygen atoms in total. The van der Waals surface area contributed by atoms with E-state index in [0.29, 0.717) is 0 Å². The Morgan fingerprint density at radius 3 is 2.33 bits per heavy atom. The molecule has 0 aromatic rings. The monoisotopic (exact) mass is 173 g/mol. The molecule has 2 heteroatoms. The van der Waals surface area contributed by atoms with Gasteiger partial charge >= 0.3 is 0 Å². The Balaban J connectivity index is 0.00000121. The number of hydroxylamine groups is 2. The van der Waals surface area contributed by atoms with E-state index in [4.69, 9.17) is 4.84 Å². The zero-order chi connectivity index (χ0) is 8.10. The minimum atomic E-state index is 0. The van der Waals surface area contributed by atoms with Crippen molar-refractivity contribution in [1.29, 1.82) is 0 Å². The van der Waals surface area contributed by atoms with E-state index in [1.54, 1.807) is 7.11 Å². The summed E-state index contributed by atoms with van der Waals surface area (Å²) < 4.78 is 0. The van der Waals surface area contributed by atoms with Crippen molar-refractivity contribution in [2.45, 2.75) is 40.0 Å². The molecule has 1 saturated heterocycles. The molecule has 0 unspecified atom stereocenters. The zero-order valence-electron chi connectivity index (χ0n) is 7.68. The van der Waals surface area contributed by atoms with Crippen LogP contribution >= 0.6 is 0 Å². The quantitative estimate of drug-likeness (QED) is 0.650. The molecule has 0 N–H and O–H groups in total. The van der Waals surface area contributed by atoms with Crippen LogP contribution in [0.3, 0.4) is 0 Å². The predicted molar refractivity (Wildman–Crippen MR) is 52.9 cm³/mol. The van der Waals surface area contributed by atoms with Gasteiger partial charge in [0.05, 0.1) is 7.11 Å². The van der Waals surface area contributed by atoms with Crippen LogP contribution < -0.4 is 0 Å². The average Bonchev–Trinajstić information content (AvgIpc) is 2.07. The Bertz CT molecular complexity index is 98.0. The van der Waals surface area contributed by atoms with Crippen molar-refractivity contribution in [1.82, 2.24) is 5.06 Å². The highest BCUT2D eigenvalue weighted by atomic mass is 16.7. The molecule has 0 aromatic heterocycles. The minimum absolute atomic E-state index is 0. The number of piperidine rings is 1. The Morgan fingerprint density at radius 1 is 1.33 bits per heavy atom. The Hall–Kier alpha value is -0.0800. The van der Waals surface area contributed by atoms with E-state index in [0.717, 1.165) is 19.0 Å². The lowest BCUT2D eigenvalue weighted by molar-refractivity contribution is -0.148. The maximum Gasteiger partial charge on any atom is 0.0575 e. The molecule has 74 valence electrons. The van der Waals surface area contributed by atoms with Crippen molar-refractivity contribution in [3.8, 4) is 0 Å². The minimum Gasteiger partial charge on any atom is -0.302 e. The summed E-state index contributed by atoms with van der Waals surface area (Å²) in [7, 11) is 1.76. The maximum absolute atomic E-state index is 5.15. The van der Waals surface area contributed by atoms with E-state index in [2.05, 4.69) is 12.0 Å². The van der Waals surface area contributed by atoms with Gasteiger partial charge in [0.15, 0.2) is 0 Å². The lowest BCUT2D eigenvalue weighted by Gasteiger charge is -2.29. The molecule has 0 bridgehead atoms. The summed E-state index contributed by atoms with van der Waals surface area (Å²) in [6.45, 7) is 4.52.